The van der Waals surface area contributed by atoms with Gasteiger partial charge in [0, 0.05) is 40.6 Å². The lowest BCUT2D eigenvalue weighted by atomic mass is 9.48. The highest BCUT2D eigenvalue weighted by atomic mass is 16.6. The van der Waals surface area contributed by atoms with Crippen LogP contribution in [-0.2, 0) is 80.9 Å². The number of ether oxygens (including phenoxy) is 9. The Labute approximate surface area is 527 Å². The lowest BCUT2D eigenvalue weighted by Crippen LogP contribution is -2.78. The summed E-state index contributed by atoms with van der Waals surface area (Å²) in [7, 11) is 0. The van der Waals surface area contributed by atoms with Crippen molar-refractivity contribution in [3.8, 4) is 11.5 Å². The SMILES string of the molecule is CC.CC.CCC(CO)(COCc1cn(CCOCCOCCC(=O)O)nn1)COCC(CC)(CO)COCc1cn(CCOCCOCCC(=O)Oc2ccc3c4c2O[C@H]2[C@@H](NC(=O)c5cccc6cc[nH]c56)CC[C@@]5(O)C(C3)N(CC3CC3)CCC425)nn1. The van der Waals surface area contributed by atoms with Crippen molar-refractivity contribution in [3.05, 3.63) is 83.1 Å². The van der Waals surface area contributed by atoms with Gasteiger partial charge < -0.3 is 73.4 Å². The van der Waals surface area contributed by atoms with Gasteiger partial charge in [0.2, 0.25) is 0 Å². The van der Waals surface area contributed by atoms with Gasteiger partial charge in [0.05, 0.1) is 172 Å². The molecule has 7 atom stereocenters. The fourth-order valence-corrected chi connectivity index (χ4v) is 12.8. The highest BCUT2D eigenvalue weighted by Gasteiger charge is 2.73. The Morgan fingerprint density at radius 1 is 0.733 bits per heavy atom. The number of esters is 1. The number of hydrogen-bond acceptors (Lipinski definition) is 20. The molecule has 25 heteroatoms. The maximum atomic E-state index is 14.1. The maximum Gasteiger partial charge on any atom is 0.313 e. The minimum absolute atomic E-state index is 0.00265. The number of likely N-dealkylation sites (tertiary alicyclic amines) is 1. The van der Waals surface area contributed by atoms with Crippen LogP contribution in [0.2, 0.25) is 0 Å². The molecule has 2 aromatic carbocycles. The van der Waals surface area contributed by atoms with Crippen molar-refractivity contribution in [2.24, 2.45) is 16.7 Å². The number of nitrogens with one attached hydrogen (secondary N) is 2. The number of aliphatic hydroxyl groups is 3. The van der Waals surface area contributed by atoms with Crippen LogP contribution >= 0.6 is 0 Å². The molecule has 25 nitrogen and oxygen atoms in total. The Morgan fingerprint density at radius 2 is 1.33 bits per heavy atom. The van der Waals surface area contributed by atoms with Crippen LogP contribution in [0, 0.1) is 16.7 Å². The standard InChI is InChI=1S/C61H85N9O16.2C2H6/c1-3-58(36-71,38-82-34-45-32-69(66-64-45)20-24-80-28-26-78-22-14-51(73)74)40-84-41-59(4-2,37-72)39-83-35-46-33-70(67-65-46)21-25-81-29-27-79-23-15-52(75)85-49-11-10-44-30-50-61(77)16-12-48(63-57(76)47-7-5-6-43-13-18-62-54(43)47)56-60(61,53(44)55(49)86-56)17-19-68(50)31-42-8-9-42;2*1-2/h5-7,10-11,13,18,32-33,42,48,50,56,62,71-72,77H,3-4,8-9,12,14-17,19-31,34-41H2,1-2H3,(H,63,76)(H,73,74);2*1-2H3/t48-,50?,56-,58?,59?,60?,61+;;/m0../s1. The summed E-state index contributed by atoms with van der Waals surface area (Å²) in [5, 5.41) is 63.7. The van der Waals surface area contributed by atoms with Crippen molar-refractivity contribution in [3.63, 3.8) is 0 Å². The summed E-state index contributed by atoms with van der Waals surface area (Å²) in [6, 6.07) is 11.0. The number of para-hydroxylation sites is 1. The molecule has 3 fully saturated rings. The molecule has 498 valence electrons. The largest absolute Gasteiger partial charge is 0.483 e. The number of fused-ring (bicyclic) bond motifs is 1. The summed E-state index contributed by atoms with van der Waals surface area (Å²) >= 11 is 0. The van der Waals surface area contributed by atoms with Crippen molar-refractivity contribution in [1.82, 2.24) is 45.2 Å². The number of hydrogen-bond donors (Lipinski definition) is 6. The normalized spacial score (nSPS) is 21.9. The Bertz CT molecular complexity index is 3030. The fraction of sp³-hybridized carbons (Fsp3) is 0.677. The molecular formula is C65H97N9O16. The molecule has 3 aliphatic carbocycles. The molecular weight excluding hydrogens is 1160 g/mol. The number of carbonyl (C=O) groups excluding carboxylic acids is 2. The second-order valence-electron chi connectivity index (χ2n) is 23.9. The van der Waals surface area contributed by atoms with Crippen LogP contribution in [0.3, 0.4) is 0 Å². The average Bonchev–Trinajstić information content (AvgIpc) is 1.40. The van der Waals surface area contributed by atoms with Gasteiger partial charge in [-0.1, -0.05) is 70.2 Å². The van der Waals surface area contributed by atoms with Gasteiger partial charge in [-0.25, -0.2) is 9.36 Å². The number of carbonyl (C=O) groups is 3. The first-order chi connectivity index (χ1) is 43.8. The van der Waals surface area contributed by atoms with E-state index < -0.39 is 45.9 Å². The van der Waals surface area contributed by atoms with E-state index in [9.17, 15) is 29.7 Å². The zero-order chi connectivity index (χ0) is 64.2. The molecule has 1 spiro atoms. The third-order valence-electron chi connectivity index (χ3n) is 18.2. The molecule has 1 saturated heterocycles. The molecule has 10 rings (SSSR count). The molecule has 0 radical (unpaired) electrons. The van der Waals surface area contributed by atoms with Gasteiger partial charge in [-0.05, 0) is 87.6 Å². The second kappa shape index (κ2) is 33.6. The predicted octanol–water partition coefficient (Wildman–Crippen LogP) is 5.83. The van der Waals surface area contributed by atoms with Gasteiger partial charge in [0.1, 0.15) is 17.5 Å². The number of benzene rings is 2. The zero-order valence-electron chi connectivity index (χ0n) is 53.5. The van der Waals surface area contributed by atoms with Gasteiger partial charge in [-0.3, -0.25) is 19.3 Å². The molecule has 6 N–H and O–H groups in total. The third kappa shape index (κ3) is 16.8. The molecule has 2 saturated carbocycles. The first kappa shape index (κ1) is 69.9. The molecule has 2 bridgehead atoms. The quantitative estimate of drug-likeness (QED) is 0.0153. The second-order valence-corrected chi connectivity index (χ2v) is 23.9. The van der Waals surface area contributed by atoms with E-state index in [0.717, 1.165) is 35.1 Å². The number of piperidine rings is 1. The molecule has 5 heterocycles. The summed E-state index contributed by atoms with van der Waals surface area (Å²) in [4.78, 5) is 43.8. The van der Waals surface area contributed by atoms with Crippen LogP contribution in [0.1, 0.15) is 132 Å². The number of aromatic nitrogens is 7. The van der Waals surface area contributed by atoms with Crippen LogP contribution in [0.4, 0.5) is 0 Å². The predicted molar refractivity (Wildman–Crippen MR) is 331 cm³/mol. The van der Waals surface area contributed by atoms with Gasteiger partial charge in [-0.15, -0.1) is 10.2 Å². The maximum absolute atomic E-state index is 14.1. The Kier molecular flexibility index (Phi) is 26.1. The molecule has 90 heavy (non-hydrogen) atoms. The fourth-order valence-electron chi connectivity index (χ4n) is 12.8. The minimum Gasteiger partial charge on any atom is -0.483 e. The topological polar surface area (TPSA) is 308 Å². The summed E-state index contributed by atoms with van der Waals surface area (Å²) in [6.45, 7) is 17.6. The highest BCUT2D eigenvalue weighted by Crippen LogP contribution is 2.66. The highest BCUT2D eigenvalue weighted by molar-refractivity contribution is 6.05. The van der Waals surface area contributed by atoms with E-state index in [0.29, 0.717) is 119 Å². The molecule has 5 aliphatic rings. The third-order valence-corrected chi connectivity index (χ3v) is 18.2. The summed E-state index contributed by atoms with van der Waals surface area (Å²) in [6.07, 6.45) is 10.7. The molecule has 1 amide bonds. The lowest BCUT2D eigenvalue weighted by molar-refractivity contribution is -0.191. The Balaban J connectivity index is 0.00000256. The minimum atomic E-state index is -1.09. The lowest BCUT2D eigenvalue weighted by Gasteiger charge is -2.64. The molecule has 5 aromatic rings. The van der Waals surface area contributed by atoms with Crippen LogP contribution in [0.25, 0.3) is 10.9 Å². The number of nitrogens with zero attached hydrogens (tertiary/aromatic N) is 7. The van der Waals surface area contributed by atoms with E-state index in [1.54, 1.807) is 21.8 Å². The Morgan fingerprint density at radius 3 is 1.92 bits per heavy atom. The molecule has 4 unspecified atom stereocenters. The van der Waals surface area contributed by atoms with Crippen molar-refractivity contribution in [2.45, 2.75) is 161 Å². The summed E-state index contributed by atoms with van der Waals surface area (Å²) < 4.78 is 56.8. The van der Waals surface area contributed by atoms with E-state index in [-0.39, 0.29) is 97.5 Å². The van der Waals surface area contributed by atoms with E-state index in [2.05, 4.69) is 35.8 Å². The van der Waals surface area contributed by atoms with Crippen molar-refractivity contribution in [1.29, 1.82) is 0 Å². The van der Waals surface area contributed by atoms with Crippen LogP contribution in [0.5, 0.6) is 11.5 Å². The van der Waals surface area contributed by atoms with E-state index in [1.807, 2.05) is 84.1 Å². The number of aromatic amines is 1. The van der Waals surface area contributed by atoms with Crippen molar-refractivity contribution in [2.75, 3.05) is 106 Å². The van der Waals surface area contributed by atoms with Crippen LogP contribution < -0.4 is 14.8 Å². The number of carboxylic acid groups (broad SMARTS) is 1. The van der Waals surface area contributed by atoms with E-state index in [4.69, 9.17) is 47.7 Å². The number of H-pyrrole nitrogens is 1. The molecule has 3 aromatic heterocycles. The van der Waals surface area contributed by atoms with Crippen molar-refractivity contribution >= 4 is 28.7 Å². The van der Waals surface area contributed by atoms with Gasteiger partial charge in [0.15, 0.2) is 11.5 Å². The number of aliphatic carboxylic acids is 1. The van der Waals surface area contributed by atoms with Crippen molar-refractivity contribution < 1.29 is 77.4 Å². The first-order valence-electron chi connectivity index (χ1n) is 32.5. The first-order valence-corrected chi connectivity index (χ1v) is 32.5. The summed E-state index contributed by atoms with van der Waals surface area (Å²) in [5.41, 5.74) is 1.30. The smallest absolute Gasteiger partial charge is 0.313 e. The summed E-state index contributed by atoms with van der Waals surface area (Å²) in [5.74, 6) is -0.133. The number of amides is 1. The molecule has 2 aliphatic heterocycles. The number of carboxylic acids is 1. The van der Waals surface area contributed by atoms with E-state index >= 15 is 0 Å². The van der Waals surface area contributed by atoms with Gasteiger partial charge in [-0.2, -0.15) is 0 Å². The zero-order valence-corrected chi connectivity index (χ0v) is 53.5. The monoisotopic (exact) mass is 1260 g/mol. The van der Waals surface area contributed by atoms with Gasteiger partial charge >= 0.3 is 11.9 Å². The van der Waals surface area contributed by atoms with E-state index in [1.165, 1.54) is 12.8 Å². The number of rotatable bonds is 39. The Hall–Kier alpha value is -5.97. The number of aliphatic hydroxyl groups excluding tert-OH is 2. The van der Waals surface area contributed by atoms with Crippen LogP contribution in [-0.4, -0.2) is 208 Å². The average molecular weight is 1260 g/mol. The van der Waals surface area contributed by atoms with Gasteiger partial charge in [0.25, 0.3) is 5.91 Å². The van der Waals surface area contributed by atoms with Crippen LogP contribution in [0.15, 0.2) is 55.0 Å².